The van der Waals surface area contributed by atoms with E-state index in [4.69, 9.17) is 0 Å². The number of hydrogen-bond donors (Lipinski definition) is 0. The number of rotatable bonds is 0. The standard InChI is InChI=1S/C18H12.C14H10/c1-2-6-15-12-17-10-4-8-13-7-3-9-16(18(13)17)11-14(15)5-1;1-3-7-13-11(5-1)9-10-12-6-2-4-8-14(12)13/h1-12H;1-10H. The number of fused-ring (bicyclic) bond motifs is 4. The molecule has 0 atom stereocenters. The summed E-state index contributed by atoms with van der Waals surface area (Å²) < 4.78 is 0. The van der Waals surface area contributed by atoms with E-state index in [-0.39, 0.29) is 0 Å². The van der Waals surface area contributed by atoms with Gasteiger partial charge >= 0.3 is 0 Å². The third kappa shape index (κ3) is 3.27. The zero-order valence-corrected chi connectivity index (χ0v) is 17.7. The van der Waals surface area contributed by atoms with Crippen molar-refractivity contribution < 1.29 is 0 Å². The Morgan fingerprint density at radius 2 is 0.750 bits per heavy atom. The van der Waals surface area contributed by atoms with Gasteiger partial charge in [-0.1, -0.05) is 121 Å². The van der Waals surface area contributed by atoms with E-state index in [1.54, 1.807) is 0 Å². The zero-order chi connectivity index (χ0) is 21.3. The van der Waals surface area contributed by atoms with Crippen LogP contribution in [0, 0.1) is 0 Å². The van der Waals surface area contributed by atoms with Crippen LogP contribution in [0.2, 0.25) is 0 Å². The van der Waals surface area contributed by atoms with Crippen molar-refractivity contribution in [3.05, 3.63) is 143 Å². The zero-order valence-electron chi connectivity index (χ0n) is 17.7. The van der Waals surface area contributed by atoms with E-state index in [0.29, 0.717) is 0 Å². The molecule has 0 saturated carbocycles. The van der Waals surface area contributed by atoms with Gasteiger partial charge in [0.2, 0.25) is 0 Å². The van der Waals surface area contributed by atoms with Crippen LogP contribution < -0.4 is 10.4 Å². The fraction of sp³-hybridized carbons (Fsp3) is 0. The van der Waals surface area contributed by atoms with Gasteiger partial charge in [0.05, 0.1) is 0 Å². The predicted octanol–water partition coefficient (Wildman–Crippen LogP) is 6.80. The lowest BCUT2D eigenvalue weighted by molar-refractivity contribution is 1.52. The molecule has 6 aromatic rings. The molecule has 0 fully saturated rings. The molecule has 0 amide bonds. The summed E-state index contributed by atoms with van der Waals surface area (Å²) in [5.74, 6) is 0. The molecule has 0 bridgehead atoms. The van der Waals surface area contributed by atoms with Crippen LogP contribution in [0.3, 0.4) is 0 Å². The maximum absolute atomic E-state index is 2.28. The van der Waals surface area contributed by atoms with Gasteiger partial charge in [0.25, 0.3) is 0 Å². The van der Waals surface area contributed by atoms with Gasteiger partial charge in [-0.2, -0.15) is 0 Å². The molecule has 0 radical (unpaired) electrons. The average molecular weight is 407 g/mol. The summed E-state index contributed by atoms with van der Waals surface area (Å²) in [5, 5.41) is 10.6. The van der Waals surface area contributed by atoms with E-state index in [0.717, 1.165) is 0 Å². The van der Waals surface area contributed by atoms with Crippen molar-refractivity contribution in [3.63, 3.8) is 0 Å². The molecule has 0 aromatic heterocycles. The van der Waals surface area contributed by atoms with E-state index < -0.39 is 0 Å². The van der Waals surface area contributed by atoms with Crippen LogP contribution in [0.1, 0.15) is 11.1 Å². The van der Waals surface area contributed by atoms with Crippen molar-refractivity contribution in [1.82, 2.24) is 0 Å². The minimum Gasteiger partial charge on any atom is -0.0616 e. The summed E-state index contributed by atoms with van der Waals surface area (Å²) in [6.07, 6.45) is 4.56. The molecular weight excluding hydrogens is 384 g/mol. The topological polar surface area (TPSA) is 0 Å². The molecule has 0 saturated heterocycles. The highest BCUT2D eigenvalue weighted by atomic mass is 14.1. The Labute approximate surface area is 187 Å². The molecule has 0 spiro atoms. The predicted molar refractivity (Wildman–Crippen MR) is 138 cm³/mol. The molecule has 0 heterocycles. The van der Waals surface area contributed by atoms with Crippen LogP contribution in [0.25, 0.3) is 44.5 Å². The van der Waals surface area contributed by atoms with Crippen molar-refractivity contribution in [2.24, 2.45) is 0 Å². The van der Waals surface area contributed by atoms with Crippen LogP contribution in [0.15, 0.2) is 121 Å². The highest BCUT2D eigenvalue weighted by Gasteiger charge is 2.05. The lowest BCUT2D eigenvalue weighted by atomic mass is 10.00. The lowest BCUT2D eigenvalue weighted by Gasteiger charge is -2.04. The Hall–Kier alpha value is -4.16. The summed E-state index contributed by atoms with van der Waals surface area (Å²) in [5.41, 5.74) is 2.62. The van der Waals surface area contributed by atoms with Gasteiger partial charge in [0.1, 0.15) is 0 Å². The van der Waals surface area contributed by atoms with Crippen molar-refractivity contribution >= 4 is 44.5 Å². The first-order valence-electron chi connectivity index (χ1n) is 11.0. The fourth-order valence-electron chi connectivity index (χ4n) is 4.70. The molecule has 0 aliphatic heterocycles. The molecule has 6 aromatic carbocycles. The maximum atomic E-state index is 2.28. The van der Waals surface area contributed by atoms with Gasteiger partial charge in [0.15, 0.2) is 0 Å². The second kappa shape index (κ2) is 7.83. The van der Waals surface area contributed by atoms with Gasteiger partial charge < -0.3 is 0 Å². The van der Waals surface area contributed by atoms with Crippen LogP contribution >= 0.6 is 0 Å². The summed E-state index contributed by atoms with van der Waals surface area (Å²) in [4.78, 5) is 0. The van der Waals surface area contributed by atoms with Crippen LogP contribution in [0.4, 0.5) is 0 Å². The quantitative estimate of drug-likeness (QED) is 0.243. The number of hydrogen-bond acceptors (Lipinski definition) is 0. The van der Waals surface area contributed by atoms with Gasteiger partial charge in [-0.15, -0.1) is 0 Å². The lowest BCUT2D eigenvalue weighted by Crippen LogP contribution is -2.22. The molecular formula is C32H22. The van der Waals surface area contributed by atoms with Crippen molar-refractivity contribution in [2.45, 2.75) is 0 Å². The van der Waals surface area contributed by atoms with Gasteiger partial charge in [0, 0.05) is 0 Å². The first-order chi connectivity index (χ1) is 15.9. The summed E-state index contributed by atoms with van der Waals surface area (Å²) in [6.45, 7) is 0. The third-order valence-corrected chi connectivity index (χ3v) is 6.24. The van der Waals surface area contributed by atoms with E-state index >= 15 is 0 Å². The van der Waals surface area contributed by atoms with Gasteiger partial charge in [-0.3, -0.25) is 0 Å². The Bertz CT molecular complexity index is 1600. The monoisotopic (exact) mass is 406 g/mol. The second-order valence-electron chi connectivity index (χ2n) is 8.22. The highest BCUT2D eigenvalue weighted by Crippen LogP contribution is 2.25. The summed E-state index contributed by atoms with van der Waals surface area (Å²) in [6, 6.07) is 42.9. The Balaban J connectivity index is 0.000000126. The van der Waals surface area contributed by atoms with E-state index in [1.165, 1.54) is 53.9 Å². The minimum atomic E-state index is 1.29. The normalized spacial score (nSPS) is 11.6. The molecule has 1 aliphatic carbocycles. The van der Waals surface area contributed by atoms with E-state index in [1.807, 2.05) is 0 Å². The summed E-state index contributed by atoms with van der Waals surface area (Å²) in [7, 11) is 0. The maximum Gasteiger partial charge on any atom is -0.00384 e. The van der Waals surface area contributed by atoms with Crippen molar-refractivity contribution in [3.8, 4) is 0 Å². The number of benzene rings is 6. The SMILES string of the molecule is C1=c2ccccc2=Cc2cccc3cccc1c23.c1ccc2c(c1)ccc1ccccc12. The first-order valence-corrected chi connectivity index (χ1v) is 11.0. The average Bonchev–Trinajstić information content (AvgIpc) is 3.02. The largest absolute Gasteiger partial charge is 0.0616 e. The van der Waals surface area contributed by atoms with E-state index in [2.05, 4.69) is 133 Å². The minimum absolute atomic E-state index is 1.29. The second-order valence-corrected chi connectivity index (χ2v) is 8.22. The molecule has 7 rings (SSSR count). The van der Waals surface area contributed by atoms with Gasteiger partial charge in [-0.25, -0.2) is 0 Å². The van der Waals surface area contributed by atoms with Crippen molar-refractivity contribution in [2.75, 3.05) is 0 Å². The molecule has 1 aliphatic rings. The smallest absolute Gasteiger partial charge is 0.00384 e. The highest BCUT2D eigenvalue weighted by molar-refractivity contribution is 6.07. The first kappa shape index (κ1) is 18.6. The van der Waals surface area contributed by atoms with Gasteiger partial charge in [-0.05, 0) is 66.0 Å². The Morgan fingerprint density at radius 3 is 1.28 bits per heavy atom. The van der Waals surface area contributed by atoms with Crippen LogP contribution in [0.5, 0.6) is 0 Å². The van der Waals surface area contributed by atoms with E-state index in [9.17, 15) is 0 Å². The molecule has 0 unspecified atom stereocenters. The fourth-order valence-corrected chi connectivity index (χ4v) is 4.70. The molecule has 150 valence electrons. The van der Waals surface area contributed by atoms with Crippen molar-refractivity contribution in [1.29, 1.82) is 0 Å². The Kier molecular flexibility index (Phi) is 4.55. The molecule has 0 nitrogen and oxygen atoms in total. The Morgan fingerprint density at radius 1 is 0.312 bits per heavy atom. The molecule has 32 heavy (non-hydrogen) atoms. The van der Waals surface area contributed by atoms with Crippen LogP contribution in [-0.4, -0.2) is 0 Å². The van der Waals surface area contributed by atoms with Crippen LogP contribution in [-0.2, 0) is 0 Å². The molecule has 0 N–H and O–H groups in total. The summed E-state index contributed by atoms with van der Waals surface area (Å²) >= 11 is 0. The third-order valence-electron chi connectivity index (χ3n) is 6.24. The molecule has 0 heteroatoms.